The van der Waals surface area contributed by atoms with E-state index >= 15 is 0 Å². The summed E-state index contributed by atoms with van der Waals surface area (Å²) in [4.78, 5) is 18.1. The average Bonchev–Trinajstić information content (AvgIpc) is 3.22. The fourth-order valence-electron chi connectivity index (χ4n) is 2.58. The molecule has 0 bridgehead atoms. The van der Waals surface area contributed by atoms with Gasteiger partial charge in [0.15, 0.2) is 11.2 Å². The van der Waals surface area contributed by atoms with Gasteiger partial charge in [-0.15, -0.1) is 23.1 Å². The number of carbonyl (C=O) groups excluding carboxylic acids is 1. The summed E-state index contributed by atoms with van der Waals surface area (Å²) in [6.45, 7) is 0. The standard InChI is InChI=1S/C19H14N2OS2/c22-12-17-18(20-19-21(17)10-11-23-19)15-6-8-16(9-7-15)24-13-14-4-2-1-3-5-14/h1-12H,13H2. The number of nitrogens with zero attached hydrogens (tertiary/aromatic N) is 2. The van der Waals surface area contributed by atoms with Crippen LogP contribution in [0.4, 0.5) is 0 Å². The highest BCUT2D eigenvalue weighted by molar-refractivity contribution is 7.98. The van der Waals surface area contributed by atoms with Gasteiger partial charge in [0.2, 0.25) is 0 Å². The number of thioether (sulfide) groups is 1. The van der Waals surface area contributed by atoms with Crippen LogP contribution in [0, 0.1) is 0 Å². The van der Waals surface area contributed by atoms with Gasteiger partial charge in [-0.1, -0.05) is 42.5 Å². The molecule has 0 amide bonds. The van der Waals surface area contributed by atoms with E-state index in [0.717, 1.165) is 28.3 Å². The molecule has 0 fully saturated rings. The van der Waals surface area contributed by atoms with Crippen molar-refractivity contribution in [3.05, 3.63) is 77.4 Å². The highest BCUT2D eigenvalue weighted by Gasteiger charge is 2.14. The first-order valence-electron chi connectivity index (χ1n) is 7.53. The molecule has 24 heavy (non-hydrogen) atoms. The van der Waals surface area contributed by atoms with Gasteiger partial charge in [0, 0.05) is 27.8 Å². The molecule has 2 aromatic carbocycles. The van der Waals surface area contributed by atoms with Crippen molar-refractivity contribution in [2.45, 2.75) is 10.6 Å². The fraction of sp³-hybridized carbons (Fsp3) is 0.0526. The van der Waals surface area contributed by atoms with Gasteiger partial charge in [-0.2, -0.15) is 0 Å². The molecule has 4 rings (SSSR count). The zero-order chi connectivity index (χ0) is 16.4. The molecular formula is C19H14N2OS2. The van der Waals surface area contributed by atoms with E-state index < -0.39 is 0 Å². The van der Waals surface area contributed by atoms with Crippen molar-refractivity contribution in [1.82, 2.24) is 9.38 Å². The third-order valence-corrected chi connectivity index (χ3v) is 5.63. The van der Waals surface area contributed by atoms with E-state index in [4.69, 9.17) is 0 Å². The van der Waals surface area contributed by atoms with Gasteiger partial charge in [-0.3, -0.25) is 9.20 Å². The van der Waals surface area contributed by atoms with Gasteiger partial charge in [0.25, 0.3) is 0 Å². The monoisotopic (exact) mass is 350 g/mol. The summed E-state index contributed by atoms with van der Waals surface area (Å²) in [6.07, 6.45) is 2.75. The third kappa shape index (κ3) is 2.88. The van der Waals surface area contributed by atoms with Crippen LogP contribution in [0.2, 0.25) is 0 Å². The minimum Gasteiger partial charge on any atom is -0.296 e. The van der Waals surface area contributed by atoms with E-state index in [2.05, 4.69) is 41.4 Å². The topological polar surface area (TPSA) is 34.4 Å². The number of carbonyl (C=O) groups is 1. The number of hydrogen-bond donors (Lipinski definition) is 0. The molecule has 4 aromatic rings. The van der Waals surface area contributed by atoms with Crippen molar-refractivity contribution in [3.63, 3.8) is 0 Å². The minimum absolute atomic E-state index is 0.607. The molecule has 0 aliphatic heterocycles. The number of hydrogen-bond acceptors (Lipinski definition) is 4. The van der Waals surface area contributed by atoms with Crippen LogP contribution >= 0.6 is 23.1 Å². The number of thiazole rings is 1. The zero-order valence-electron chi connectivity index (χ0n) is 12.8. The van der Waals surface area contributed by atoms with Crippen LogP contribution in [-0.4, -0.2) is 15.7 Å². The van der Waals surface area contributed by atoms with E-state index in [1.165, 1.54) is 21.8 Å². The number of rotatable bonds is 5. The van der Waals surface area contributed by atoms with E-state index in [-0.39, 0.29) is 0 Å². The molecule has 0 saturated heterocycles. The minimum atomic E-state index is 0.607. The molecule has 0 atom stereocenters. The second-order valence-corrected chi connectivity index (χ2v) is 7.24. The van der Waals surface area contributed by atoms with Gasteiger partial charge >= 0.3 is 0 Å². The molecule has 2 heterocycles. The van der Waals surface area contributed by atoms with Gasteiger partial charge in [0.1, 0.15) is 11.4 Å². The maximum atomic E-state index is 11.4. The summed E-state index contributed by atoms with van der Waals surface area (Å²) >= 11 is 3.33. The number of benzene rings is 2. The molecule has 118 valence electrons. The van der Waals surface area contributed by atoms with Crippen molar-refractivity contribution in [2.75, 3.05) is 0 Å². The quantitative estimate of drug-likeness (QED) is 0.368. The molecule has 0 aliphatic carbocycles. The molecule has 0 spiro atoms. The molecule has 0 saturated carbocycles. The Kier molecular flexibility index (Phi) is 4.19. The molecule has 2 aromatic heterocycles. The lowest BCUT2D eigenvalue weighted by Crippen LogP contribution is -1.90. The largest absolute Gasteiger partial charge is 0.296 e. The van der Waals surface area contributed by atoms with Gasteiger partial charge in [0.05, 0.1) is 0 Å². The van der Waals surface area contributed by atoms with Crippen LogP contribution in [0.25, 0.3) is 16.2 Å². The number of imidazole rings is 1. The zero-order valence-corrected chi connectivity index (χ0v) is 14.4. The Bertz CT molecular complexity index is 972. The van der Waals surface area contributed by atoms with Crippen molar-refractivity contribution >= 4 is 34.3 Å². The van der Waals surface area contributed by atoms with Crippen molar-refractivity contribution < 1.29 is 4.79 Å². The Balaban J connectivity index is 1.56. The van der Waals surface area contributed by atoms with Crippen LogP contribution in [0.5, 0.6) is 0 Å². The first-order valence-corrected chi connectivity index (χ1v) is 9.39. The Labute approximate surface area is 148 Å². The van der Waals surface area contributed by atoms with Crippen LogP contribution in [0.1, 0.15) is 16.1 Å². The first kappa shape index (κ1) is 15.2. The second kappa shape index (κ2) is 6.63. The molecular weight excluding hydrogens is 336 g/mol. The van der Waals surface area contributed by atoms with Crippen LogP contribution in [-0.2, 0) is 5.75 Å². The smallest absolute Gasteiger partial charge is 0.194 e. The van der Waals surface area contributed by atoms with Crippen molar-refractivity contribution in [1.29, 1.82) is 0 Å². The Morgan fingerprint density at radius 1 is 1.08 bits per heavy atom. The van der Waals surface area contributed by atoms with Crippen LogP contribution < -0.4 is 0 Å². The fourth-order valence-corrected chi connectivity index (χ4v) is 4.15. The molecule has 0 radical (unpaired) electrons. The van der Waals surface area contributed by atoms with Crippen molar-refractivity contribution in [3.8, 4) is 11.3 Å². The molecule has 0 aliphatic rings. The predicted molar refractivity (Wildman–Crippen MR) is 99.9 cm³/mol. The van der Waals surface area contributed by atoms with Crippen LogP contribution in [0.3, 0.4) is 0 Å². The van der Waals surface area contributed by atoms with Crippen LogP contribution in [0.15, 0.2) is 71.1 Å². The summed E-state index contributed by atoms with van der Waals surface area (Å²) in [6, 6.07) is 18.7. The van der Waals surface area contributed by atoms with Crippen molar-refractivity contribution in [2.24, 2.45) is 0 Å². The van der Waals surface area contributed by atoms with Gasteiger partial charge < -0.3 is 0 Å². The molecule has 0 N–H and O–H groups in total. The second-order valence-electron chi connectivity index (χ2n) is 5.32. The normalized spacial score (nSPS) is 11.0. The lowest BCUT2D eigenvalue weighted by molar-refractivity contribution is 0.111. The first-order chi connectivity index (χ1) is 11.8. The summed E-state index contributed by atoms with van der Waals surface area (Å²) in [5, 5.41) is 1.93. The summed E-state index contributed by atoms with van der Waals surface area (Å²) in [5.41, 5.74) is 3.63. The summed E-state index contributed by atoms with van der Waals surface area (Å²) < 4.78 is 1.84. The highest BCUT2D eigenvalue weighted by Crippen LogP contribution is 2.29. The molecule has 5 heteroatoms. The number of aldehydes is 1. The highest BCUT2D eigenvalue weighted by atomic mass is 32.2. The Morgan fingerprint density at radius 2 is 1.88 bits per heavy atom. The summed E-state index contributed by atoms with van der Waals surface area (Å²) in [7, 11) is 0. The maximum absolute atomic E-state index is 11.4. The average molecular weight is 350 g/mol. The maximum Gasteiger partial charge on any atom is 0.194 e. The SMILES string of the molecule is O=Cc1c(-c2ccc(SCc3ccccc3)cc2)nc2sccn12. The predicted octanol–water partition coefficient (Wildman–Crippen LogP) is 5.17. The summed E-state index contributed by atoms with van der Waals surface area (Å²) in [5.74, 6) is 0.944. The molecule has 3 nitrogen and oxygen atoms in total. The third-order valence-electron chi connectivity index (χ3n) is 3.79. The van der Waals surface area contributed by atoms with E-state index in [1.807, 2.05) is 34.2 Å². The lowest BCUT2D eigenvalue weighted by Gasteiger charge is -2.04. The Hall–Kier alpha value is -2.37. The molecule has 0 unspecified atom stereocenters. The van der Waals surface area contributed by atoms with E-state index in [1.54, 1.807) is 11.8 Å². The number of aromatic nitrogens is 2. The van der Waals surface area contributed by atoms with E-state index in [9.17, 15) is 4.79 Å². The Morgan fingerprint density at radius 3 is 2.62 bits per heavy atom. The number of fused-ring (bicyclic) bond motifs is 1. The van der Waals surface area contributed by atoms with Gasteiger partial charge in [-0.05, 0) is 17.7 Å². The lowest BCUT2D eigenvalue weighted by atomic mass is 10.1. The van der Waals surface area contributed by atoms with Gasteiger partial charge in [-0.25, -0.2) is 4.98 Å². The van der Waals surface area contributed by atoms with E-state index in [0.29, 0.717) is 5.69 Å².